The molecule has 0 aliphatic rings. The van der Waals surface area contributed by atoms with Crippen LogP contribution in [0.1, 0.15) is 5.56 Å². The Morgan fingerprint density at radius 3 is 2.50 bits per heavy atom. The van der Waals surface area contributed by atoms with Crippen molar-refractivity contribution in [2.24, 2.45) is 0 Å². The van der Waals surface area contributed by atoms with Crippen LogP contribution in [0.3, 0.4) is 0 Å². The molecular formula is C23H17F2N3OS. The fourth-order valence-corrected chi connectivity index (χ4v) is 4.33. The van der Waals surface area contributed by atoms with Gasteiger partial charge >= 0.3 is 0 Å². The summed E-state index contributed by atoms with van der Waals surface area (Å²) in [4.78, 5) is 9.23. The molecule has 7 heteroatoms. The molecular weight excluding hydrogens is 404 g/mol. The van der Waals surface area contributed by atoms with E-state index in [-0.39, 0.29) is 0 Å². The standard InChI is InChI=1S/C23H17F2N3OS/c1-14-6-8-15(9-7-14)29-11-10-28-20-13-17(25)16(24)12-19(20)26-22(28)23-27-18-4-2-3-5-21(18)30-23/h2-9,12-13H,10-11H2,1H3. The number of nitrogens with zero attached hydrogens (tertiary/aromatic N) is 3. The van der Waals surface area contributed by atoms with E-state index in [9.17, 15) is 8.78 Å². The highest BCUT2D eigenvalue weighted by Crippen LogP contribution is 2.32. The minimum atomic E-state index is -0.918. The maximum Gasteiger partial charge on any atom is 0.170 e. The molecule has 5 aromatic rings. The highest BCUT2D eigenvalue weighted by atomic mass is 32.1. The molecule has 4 nitrogen and oxygen atoms in total. The van der Waals surface area contributed by atoms with E-state index in [1.807, 2.05) is 60.0 Å². The summed E-state index contributed by atoms with van der Waals surface area (Å²) in [6, 6.07) is 17.9. The van der Waals surface area contributed by atoms with Gasteiger partial charge in [0.2, 0.25) is 0 Å². The first-order valence-corrected chi connectivity index (χ1v) is 10.3. The van der Waals surface area contributed by atoms with Crippen LogP contribution in [0.15, 0.2) is 60.7 Å². The van der Waals surface area contributed by atoms with Crippen LogP contribution in [0, 0.1) is 18.6 Å². The van der Waals surface area contributed by atoms with Crippen molar-refractivity contribution in [2.75, 3.05) is 6.61 Å². The zero-order chi connectivity index (χ0) is 20.7. The first kappa shape index (κ1) is 18.7. The molecule has 0 saturated heterocycles. The Bertz CT molecular complexity index is 1330. The van der Waals surface area contributed by atoms with Gasteiger partial charge in [-0.25, -0.2) is 18.7 Å². The topological polar surface area (TPSA) is 39.9 Å². The molecule has 3 aromatic carbocycles. The molecule has 0 spiro atoms. The van der Waals surface area contributed by atoms with E-state index < -0.39 is 11.6 Å². The molecule has 0 N–H and O–H groups in total. The lowest BCUT2D eigenvalue weighted by Gasteiger charge is -2.10. The Morgan fingerprint density at radius 2 is 1.70 bits per heavy atom. The number of rotatable bonds is 5. The summed E-state index contributed by atoms with van der Waals surface area (Å²) in [6.45, 7) is 2.78. The zero-order valence-corrected chi connectivity index (χ0v) is 16.9. The molecule has 0 saturated carbocycles. The van der Waals surface area contributed by atoms with Crippen molar-refractivity contribution >= 4 is 32.6 Å². The fraction of sp³-hybridized carbons (Fsp3) is 0.130. The second kappa shape index (κ2) is 7.50. The van der Waals surface area contributed by atoms with Gasteiger partial charge in [-0.3, -0.25) is 0 Å². The number of benzene rings is 3. The number of para-hydroxylation sites is 1. The lowest BCUT2D eigenvalue weighted by Crippen LogP contribution is -2.09. The van der Waals surface area contributed by atoms with Crippen molar-refractivity contribution < 1.29 is 13.5 Å². The van der Waals surface area contributed by atoms with Crippen molar-refractivity contribution in [3.63, 3.8) is 0 Å². The van der Waals surface area contributed by atoms with Crippen LogP contribution in [0.5, 0.6) is 5.75 Å². The van der Waals surface area contributed by atoms with Gasteiger partial charge < -0.3 is 9.30 Å². The number of hydrogen-bond acceptors (Lipinski definition) is 4. The summed E-state index contributed by atoms with van der Waals surface area (Å²) < 4.78 is 36.5. The summed E-state index contributed by atoms with van der Waals surface area (Å²) in [5, 5.41) is 0.698. The van der Waals surface area contributed by atoms with Crippen LogP contribution in [0.4, 0.5) is 8.78 Å². The van der Waals surface area contributed by atoms with Crippen LogP contribution in [0.25, 0.3) is 32.1 Å². The van der Waals surface area contributed by atoms with Crippen LogP contribution < -0.4 is 4.74 Å². The van der Waals surface area contributed by atoms with Gasteiger partial charge in [0.15, 0.2) is 22.5 Å². The number of thiazole rings is 1. The third-order valence-electron chi connectivity index (χ3n) is 4.88. The largest absolute Gasteiger partial charge is 0.492 e. The number of ether oxygens (including phenoxy) is 1. The predicted molar refractivity (Wildman–Crippen MR) is 115 cm³/mol. The third kappa shape index (κ3) is 3.41. The number of aromatic nitrogens is 3. The molecule has 0 aliphatic carbocycles. The first-order valence-electron chi connectivity index (χ1n) is 9.49. The maximum atomic E-state index is 14.0. The molecule has 0 fully saturated rings. The molecule has 5 rings (SSSR count). The van der Waals surface area contributed by atoms with E-state index in [1.165, 1.54) is 17.4 Å². The van der Waals surface area contributed by atoms with Gasteiger partial charge in [0, 0.05) is 12.1 Å². The average molecular weight is 421 g/mol. The maximum absolute atomic E-state index is 14.0. The van der Waals surface area contributed by atoms with Gasteiger partial charge in [-0.05, 0) is 31.2 Å². The second-order valence-electron chi connectivity index (χ2n) is 6.99. The third-order valence-corrected chi connectivity index (χ3v) is 5.91. The summed E-state index contributed by atoms with van der Waals surface area (Å²) in [5.74, 6) is -0.495. The SMILES string of the molecule is Cc1ccc(OCCn2c(-c3nc4ccccc4s3)nc3cc(F)c(F)cc32)cc1. The summed E-state index contributed by atoms with van der Waals surface area (Å²) in [6.07, 6.45) is 0. The molecule has 150 valence electrons. The van der Waals surface area contributed by atoms with Gasteiger partial charge in [-0.1, -0.05) is 29.8 Å². The number of hydrogen-bond donors (Lipinski definition) is 0. The van der Waals surface area contributed by atoms with E-state index in [0.29, 0.717) is 35.0 Å². The van der Waals surface area contributed by atoms with E-state index >= 15 is 0 Å². The Kier molecular flexibility index (Phi) is 4.67. The van der Waals surface area contributed by atoms with Gasteiger partial charge in [0.25, 0.3) is 0 Å². The lowest BCUT2D eigenvalue weighted by molar-refractivity contribution is 0.300. The number of halogens is 2. The molecule has 0 amide bonds. The van der Waals surface area contributed by atoms with Gasteiger partial charge in [-0.2, -0.15) is 0 Å². The average Bonchev–Trinajstić information content (AvgIpc) is 3.31. The van der Waals surface area contributed by atoms with Crippen LogP contribution >= 0.6 is 11.3 Å². The molecule has 0 aliphatic heterocycles. The van der Waals surface area contributed by atoms with Crippen molar-refractivity contribution in [1.82, 2.24) is 14.5 Å². The molecule has 0 bridgehead atoms. The summed E-state index contributed by atoms with van der Waals surface area (Å²) in [7, 11) is 0. The van der Waals surface area contributed by atoms with Crippen molar-refractivity contribution in [3.8, 4) is 16.6 Å². The number of fused-ring (bicyclic) bond motifs is 2. The molecule has 2 heterocycles. The normalized spacial score (nSPS) is 11.4. The zero-order valence-electron chi connectivity index (χ0n) is 16.1. The first-order chi connectivity index (χ1) is 14.6. The van der Waals surface area contributed by atoms with Crippen molar-refractivity contribution in [3.05, 3.63) is 77.9 Å². The summed E-state index contributed by atoms with van der Waals surface area (Å²) >= 11 is 1.50. The van der Waals surface area contributed by atoms with Gasteiger partial charge in [0.05, 0.1) is 27.8 Å². The Labute approximate surface area is 175 Å². The number of imidazole rings is 1. The number of aryl methyl sites for hydroxylation is 1. The monoisotopic (exact) mass is 421 g/mol. The lowest BCUT2D eigenvalue weighted by atomic mass is 10.2. The van der Waals surface area contributed by atoms with Gasteiger partial charge in [0.1, 0.15) is 12.4 Å². The molecule has 0 radical (unpaired) electrons. The highest BCUT2D eigenvalue weighted by Gasteiger charge is 2.18. The van der Waals surface area contributed by atoms with Crippen LogP contribution in [-0.2, 0) is 6.54 Å². The quantitative estimate of drug-likeness (QED) is 0.351. The van der Waals surface area contributed by atoms with Crippen molar-refractivity contribution in [1.29, 1.82) is 0 Å². The minimum Gasteiger partial charge on any atom is -0.492 e. The second-order valence-corrected chi connectivity index (χ2v) is 8.02. The van der Waals surface area contributed by atoms with Gasteiger partial charge in [-0.15, -0.1) is 11.3 Å². The van der Waals surface area contributed by atoms with E-state index in [4.69, 9.17) is 4.74 Å². The molecule has 0 unspecified atom stereocenters. The summed E-state index contributed by atoms with van der Waals surface area (Å²) in [5.41, 5.74) is 2.91. The highest BCUT2D eigenvalue weighted by molar-refractivity contribution is 7.21. The smallest absolute Gasteiger partial charge is 0.170 e. The predicted octanol–water partition coefficient (Wildman–Crippen LogP) is 5.98. The van der Waals surface area contributed by atoms with E-state index in [0.717, 1.165) is 27.6 Å². The molecule has 30 heavy (non-hydrogen) atoms. The Morgan fingerprint density at radius 1 is 0.933 bits per heavy atom. The molecule has 2 aromatic heterocycles. The fourth-order valence-electron chi connectivity index (χ4n) is 3.37. The van der Waals surface area contributed by atoms with Crippen LogP contribution in [0.2, 0.25) is 0 Å². The van der Waals surface area contributed by atoms with E-state index in [2.05, 4.69) is 9.97 Å². The van der Waals surface area contributed by atoms with E-state index in [1.54, 1.807) is 0 Å². The minimum absolute atomic E-state index is 0.353. The van der Waals surface area contributed by atoms with Crippen molar-refractivity contribution in [2.45, 2.75) is 13.5 Å². The molecule has 0 atom stereocenters. The Balaban J connectivity index is 1.54. The van der Waals surface area contributed by atoms with Crippen LogP contribution in [-0.4, -0.2) is 21.1 Å². The Hall–Kier alpha value is -3.32.